The highest BCUT2D eigenvalue weighted by Crippen LogP contribution is 2.29. The van der Waals surface area contributed by atoms with Crippen molar-refractivity contribution in [2.45, 2.75) is 38.3 Å². The molecule has 4 rings (SSSR count). The van der Waals surface area contributed by atoms with E-state index in [0.717, 1.165) is 36.3 Å². The van der Waals surface area contributed by atoms with E-state index in [1.807, 2.05) is 13.0 Å². The number of ether oxygens (including phenoxy) is 2. The van der Waals surface area contributed by atoms with Gasteiger partial charge >= 0.3 is 5.63 Å². The van der Waals surface area contributed by atoms with Gasteiger partial charge in [0.2, 0.25) is 16.0 Å². The fourth-order valence-electron chi connectivity index (χ4n) is 3.55. The van der Waals surface area contributed by atoms with Crippen LogP contribution < -0.4 is 21.0 Å². The van der Waals surface area contributed by atoms with E-state index in [1.165, 1.54) is 13.2 Å². The summed E-state index contributed by atoms with van der Waals surface area (Å²) in [6.07, 6.45) is 4.46. The van der Waals surface area contributed by atoms with Gasteiger partial charge in [0.25, 0.3) is 5.91 Å². The van der Waals surface area contributed by atoms with Crippen LogP contribution in [-0.4, -0.2) is 52.3 Å². The number of aryl methyl sites for hydroxylation is 1. The first-order valence-corrected chi connectivity index (χ1v) is 10.5. The zero-order chi connectivity index (χ0) is 22.0. The molecule has 3 aromatic heterocycles. The topological polar surface area (TPSA) is 133 Å². The zero-order valence-electron chi connectivity index (χ0n) is 17.2. The summed E-state index contributed by atoms with van der Waals surface area (Å²) in [6.45, 7) is 1.88. The first kappa shape index (κ1) is 21.0. The van der Waals surface area contributed by atoms with Crippen LogP contribution in [0.3, 0.4) is 0 Å². The van der Waals surface area contributed by atoms with E-state index in [2.05, 4.69) is 25.9 Å². The highest BCUT2D eigenvalue weighted by molar-refractivity contribution is 7.17. The molecule has 0 radical (unpaired) electrons. The average molecular weight is 446 g/mol. The summed E-state index contributed by atoms with van der Waals surface area (Å²) in [5, 5.41) is 18.8. The standard InChI is InChI=1S/C19H22N6O5S/c1-10-7-8-20-25(10)19-24-23-18(31-19)22-16(26)14-9-12(15(29-3)17(27)30-14)21-11-5-4-6-13(11)28-2/h7-9,11,13,21H,4-6H2,1-3H3,(H,22,23,26)/t11-,13-/m1/s1. The number of anilines is 2. The van der Waals surface area contributed by atoms with Crippen molar-refractivity contribution < 1.29 is 18.7 Å². The van der Waals surface area contributed by atoms with Gasteiger partial charge in [-0.3, -0.25) is 10.1 Å². The van der Waals surface area contributed by atoms with Gasteiger partial charge in [-0.05, 0) is 32.3 Å². The van der Waals surface area contributed by atoms with E-state index in [4.69, 9.17) is 13.9 Å². The molecule has 0 spiro atoms. The van der Waals surface area contributed by atoms with E-state index in [9.17, 15) is 9.59 Å². The van der Waals surface area contributed by atoms with Crippen molar-refractivity contribution in [1.29, 1.82) is 0 Å². The van der Waals surface area contributed by atoms with Gasteiger partial charge in [0, 0.05) is 25.1 Å². The molecule has 1 aliphatic rings. The third-order valence-corrected chi connectivity index (χ3v) is 5.89. The lowest BCUT2D eigenvalue weighted by atomic mass is 10.2. The number of carbonyl (C=O) groups excluding carboxylic acids is 1. The quantitative estimate of drug-likeness (QED) is 0.560. The predicted octanol–water partition coefficient (Wildman–Crippen LogP) is 2.23. The largest absolute Gasteiger partial charge is 0.488 e. The van der Waals surface area contributed by atoms with E-state index in [0.29, 0.717) is 10.8 Å². The number of hydrogen-bond donors (Lipinski definition) is 2. The molecule has 2 N–H and O–H groups in total. The van der Waals surface area contributed by atoms with Gasteiger partial charge in [-0.1, -0.05) is 11.3 Å². The zero-order valence-corrected chi connectivity index (χ0v) is 18.1. The molecular formula is C19H22N6O5S. The van der Waals surface area contributed by atoms with Crippen LogP contribution in [0.2, 0.25) is 0 Å². The molecule has 2 atom stereocenters. The van der Waals surface area contributed by atoms with Gasteiger partial charge in [-0.2, -0.15) is 5.10 Å². The number of amides is 1. The Balaban J connectivity index is 1.55. The molecule has 0 bridgehead atoms. The van der Waals surface area contributed by atoms with E-state index >= 15 is 0 Å². The molecule has 3 heterocycles. The van der Waals surface area contributed by atoms with Gasteiger partial charge in [-0.15, -0.1) is 10.2 Å². The minimum atomic E-state index is -0.755. The molecule has 11 nitrogen and oxygen atoms in total. The molecule has 1 saturated carbocycles. The van der Waals surface area contributed by atoms with Crippen LogP contribution in [0.5, 0.6) is 5.75 Å². The van der Waals surface area contributed by atoms with E-state index < -0.39 is 11.5 Å². The van der Waals surface area contributed by atoms with Crippen molar-refractivity contribution in [3.63, 3.8) is 0 Å². The number of carbonyl (C=O) groups is 1. The Morgan fingerprint density at radius 3 is 2.87 bits per heavy atom. The third-order valence-electron chi connectivity index (χ3n) is 5.08. The second kappa shape index (κ2) is 8.86. The fourth-order valence-corrected chi connectivity index (χ4v) is 4.31. The Morgan fingerprint density at radius 2 is 2.16 bits per heavy atom. The number of nitrogens with zero attached hydrogens (tertiary/aromatic N) is 4. The van der Waals surface area contributed by atoms with Gasteiger partial charge in [0.15, 0.2) is 5.76 Å². The van der Waals surface area contributed by atoms with Gasteiger partial charge in [-0.25, -0.2) is 9.48 Å². The maximum Gasteiger partial charge on any atom is 0.381 e. The SMILES string of the molecule is COc1c(N[C@@H]2CCC[C@H]2OC)cc(C(=O)Nc2nnc(-n3nccc3C)s2)oc1=O. The molecule has 1 amide bonds. The minimum absolute atomic E-state index is 0.000331. The summed E-state index contributed by atoms with van der Waals surface area (Å²) in [5.74, 6) is -0.796. The molecule has 0 aliphatic heterocycles. The molecule has 12 heteroatoms. The molecule has 3 aromatic rings. The van der Waals surface area contributed by atoms with Crippen molar-refractivity contribution in [3.05, 3.63) is 40.2 Å². The highest BCUT2D eigenvalue weighted by Gasteiger charge is 2.29. The Morgan fingerprint density at radius 1 is 1.32 bits per heavy atom. The molecule has 1 aliphatic carbocycles. The summed E-state index contributed by atoms with van der Waals surface area (Å²) in [7, 11) is 3.03. The maximum absolute atomic E-state index is 12.7. The number of aromatic nitrogens is 4. The summed E-state index contributed by atoms with van der Waals surface area (Å²) < 4.78 is 17.5. The van der Waals surface area contributed by atoms with Crippen molar-refractivity contribution in [1.82, 2.24) is 20.0 Å². The summed E-state index contributed by atoms with van der Waals surface area (Å²) in [5.41, 5.74) is 0.505. The van der Waals surface area contributed by atoms with Crippen LogP contribution in [0.25, 0.3) is 5.13 Å². The second-order valence-corrected chi connectivity index (χ2v) is 7.99. The van der Waals surface area contributed by atoms with E-state index in [-0.39, 0.29) is 28.8 Å². The molecule has 0 saturated heterocycles. The normalized spacial score (nSPS) is 18.2. The van der Waals surface area contributed by atoms with Crippen molar-refractivity contribution >= 4 is 28.1 Å². The van der Waals surface area contributed by atoms with Crippen molar-refractivity contribution in [3.8, 4) is 10.9 Å². The number of nitrogens with one attached hydrogen (secondary N) is 2. The molecular weight excluding hydrogens is 424 g/mol. The lowest BCUT2D eigenvalue weighted by molar-refractivity contribution is 0.0990. The van der Waals surface area contributed by atoms with Gasteiger partial charge < -0.3 is 19.2 Å². The van der Waals surface area contributed by atoms with Crippen LogP contribution in [-0.2, 0) is 4.74 Å². The first-order valence-electron chi connectivity index (χ1n) is 9.67. The summed E-state index contributed by atoms with van der Waals surface area (Å²) in [6, 6.07) is 3.28. The molecule has 1 fully saturated rings. The molecule has 31 heavy (non-hydrogen) atoms. The lowest BCUT2D eigenvalue weighted by Crippen LogP contribution is -2.30. The Labute approximate surface area is 181 Å². The fraction of sp³-hybridized carbons (Fsp3) is 0.421. The molecule has 0 aromatic carbocycles. The number of hydrogen-bond acceptors (Lipinski definition) is 10. The summed E-state index contributed by atoms with van der Waals surface area (Å²) in [4.78, 5) is 25.1. The van der Waals surface area contributed by atoms with Gasteiger partial charge in [0.05, 0.1) is 24.9 Å². The minimum Gasteiger partial charge on any atom is -0.488 e. The number of methoxy groups -OCH3 is 2. The van der Waals surface area contributed by atoms with Crippen molar-refractivity contribution in [2.24, 2.45) is 0 Å². The molecule has 0 unspecified atom stereocenters. The van der Waals surface area contributed by atoms with Gasteiger partial charge in [0.1, 0.15) is 0 Å². The smallest absolute Gasteiger partial charge is 0.381 e. The van der Waals surface area contributed by atoms with Crippen LogP contribution >= 0.6 is 11.3 Å². The Hall–Kier alpha value is -3.25. The highest BCUT2D eigenvalue weighted by atomic mass is 32.1. The number of rotatable bonds is 7. The maximum atomic E-state index is 12.7. The lowest BCUT2D eigenvalue weighted by Gasteiger charge is -2.21. The second-order valence-electron chi connectivity index (χ2n) is 7.03. The third kappa shape index (κ3) is 4.30. The average Bonchev–Trinajstić information content (AvgIpc) is 3.49. The van der Waals surface area contributed by atoms with Crippen molar-refractivity contribution in [2.75, 3.05) is 24.9 Å². The summed E-state index contributed by atoms with van der Waals surface area (Å²) >= 11 is 1.14. The monoisotopic (exact) mass is 446 g/mol. The first-order chi connectivity index (χ1) is 15.0. The van der Waals surface area contributed by atoms with Crippen LogP contribution in [0.15, 0.2) is 27.5 Å². The Bertz CT molecular complexity index is 1140. The molecule has 164 valence electrons. The van der Waals surface area contributed by atoms with Crippen LogP contribution in [0.4, 0.5) is 10.8 Å². The Kier molecular flexibility index (Phi) is 6.00. The van der Waals surface area contributed by atoms with Crippen LogP contribution in [0.1, 0.15) is 35.5 Å². The predicted molar refractivity (Wildman–Crippen MR) is 113 cm³/mol. The van der Waals surface area contributed by atoms with E-state index in [1.54, 1.807) is 18.0 Å². The van der Waals surface area contributed by atoms with Crippen LogP contribution in [0, 0.1) is 6.92 Å².